The summed E-state index contributed by atoms with van der Waals surface area (Å²) in [6.45, 7) is 0.00731. The molecule has 0 saturated carbocycles. The average Bonchev–Trinajstić information content (AvgIpc) is 3.06. The number of Topliss-reactive ketones (excluding diaryl/α,β-unsaturated/α-hetero) is 1. The molecule has 1 aromatic heterocycles. The molecule has 0 aliphatic carbocycles. The van der Waals surface area contributed by atoms with Crippen LogP contribution < -0.4 is 0 Å². The minimum absolute atomic E-state index is 0.00731. The summed E-state index contributed by atoms with van der Waals surface area (Å²) in [7, 11) is 0. The highest BCUT2D eigenvalue weighted by Crippen LogP contribution is 2.41. The van der Waals surface area contributed by atoms with Crippen LogP contribution in [0.2, 0.25) is 10.0 Å². The van der Waals surface area contributed by atoms with Gasteiger partial charge in [0.2, 0.25) is 0 Å². The Bertz CT molecular complexity index is 1290. The number of aliphatic hydroxyl groups is 1. The largest absolute Gasteiger partial charge is 0.507 e. The van der Waals surface area contributed by atoms with Crippen molar-refractivity contribution < 1.29 is 19.6 Å². The number of carbonyl (C=O) groups is 2. The Kier molecular flexibility index (Phi) is 6.13. The van der Waals surface area contributed by atoms with Crippen LogP contribution in [0.25, 0.3) is 5.76 Å². The fraction of sp³-hybridized carbons (Fsp3) is 0.0870. The number of benzene rings is 2. The summed E-state index contributed by atoms with van der Waals surface area (Å²) < 4.78 is 0. The van der Waals surface area contributed by atoms with Crippen molar-refractivity contribution in [3.05, 3.63) is 109 Å². The second-order valence-electron chi connectivity index (χ2n) is 7.23. The predicted molar refractivity (Wildman–Crippen MR) is 122 cm³/mol. The Morgan fingerprint density at radius 2 is 1.79 bits per heavy atom. The molecule has 8 nitrogen and oxygen atoms in total. The summed E-state index contributed by atoms with van der Waals surface area (Å²) in [5.74, 6) is -2.17. The van der Waals surface area contributed by atoms with Gasteiger partial charge in [-0.3, -0.25) is 24.7 Å². The van der Waals surface area contributed by atoms with Gasteiger partial charge >= 0.3 is 0 Å². The van der Waals surface area contributed by atoms with E-state index in [0.717, 1.165) is 0 Å². The lowest BCUT2D eigenvalue weighted by Crippen LogP contribution is -2.29. The molecule has 10 heteroatoms. The van der Waals surface area contributed by atoms with Crippen LogP contribution in [-0.2, 0) is 16.1 Å². The van der Waals surface area contributed by atoms with Crippen molar-refractivity contribution in [3.63, 3.8) is 0 Å². The molecule has 3 aromatic rings. The molecule has 2 heterocycles. The summed E-state index contributed by atoms with van der Waals surface area (Å²) in [5.41, 5.74) is 0.815. The predicted octanol–water partition coefficient (Wildman–Crippen LogP) is 4.92. The first-order valence-electron chi connectivity index (χ1n) is 9.66. The van der Waals surface area contributed by atoms with Gasteiger partial charge in [0.1, 0.15) is 5.76 Å². The summed E-state index contributed by atoms with van der Waals surface area (Å²) in [4.78, 5) is 41.9. The molecule has 1 saturated heterocycles. The molecule has 0 spiro atoms. The van der Waals surface area contributed by atoms with Crippen LogP contribution in [-0.4, -0.2) is 31.6 Å². The monoisotopic (exact) mass is 483 g/mol. The number of non-ortho nitro benzene ring substituents is 1. The van der Waals surface area contributed by atoms with Crippen LogP contribution in [0.5, 0.6) is 0 Å². The van der Waals surface area contributed by atoms with Crippen molar-refractivity contribution in [1.82, 2.24) is 9.88 Å². The van der Waals surface area contributed by atoms with Crippen LogP contribution in [0.1, 0.15) is 22.9 Å². The number of carbonyl (C=O) groups excluding carboxylic acids is 2. The van der Waals surface area contributed by atoms with Crippen molar-refractivity contribution in [2.45, 2.75) is 12.6 Å². The number of nitro groups is 1. The minimum atomic E-state index is -0.975. The Morgan fingerprint density at radius 1 is 1.06 bits per heavy atom. The minimum Gasteiger partial charge on any atom is -0.507 e. The second kappa shape index (κ2) is 9.01. The van der Waals surface area contributed by atoms with Crippen molar-refractivity contribution >= 4 is 46.3 Å². The number of nitrogens with zero attached hydrogens (tertiary/aromatic N) is 3. The first-order chi connectivity index (χ1) is 15.8. The maximum atomic E-state index is 13.0. The van der Waals surface area contributed by atoms with Gasteiger partial charge in [-0.2, -0.15) is 0 Å². The lowest BCUT2D eigenvalue weighted by atomic mass is 9.95. The number of pyridine rings is 1. The van der Waals surface area contributed by atoms with Gasteiger partial charge in [0.25, 0.3) is 17.4 Å². The molecule has 2 aromatic carbocycles. The van der Waals surface area contributed by atoms with E-state index in [1.807, 2.05) is 0 Å². The quantitative estimate of drug-likeness (QED) is 0.181. The normalized spacial score (nSPS) is 17.4. The molecule has 1 aliphatic rings. The van der Waals surface area contributed by atoms with Gasteiger partial charge in [0, 0.05) is 23.9 Å². The zero-order valence-electron chi connectivity index (χ0n) is 16.8. The van der Waals surface area contributed by atoms with Crippen LogP contribution in [0.4, 0.5) is 5.69 Å². The number of likely N-dealkylation sites (tertiary alicyclic amines) is 1. The van der Waals surface area contributed by atoms with Crippen LogP contribution in [0.3, 0.4) is 0 Å². The Labute approximate surface area is 197 Å². The molecule has 4 rings (SSSR count). The van der Waals surface area contributed by atoms with Crippen molar-refractivity contribution in [2.75, 3.05) is 0 Å². The Hall–Kier alpha value is -3.75. The molecule has 1 amide bonds. The molecule has 166 valence electrons. The van der Waals surface area contributed by atoms with E-state index in [-0.39, 0.29) is 33.4 Å². The first kappa shape index (κ1) is 22.4. The molecule has 1 unspecified atom stereocenters. The third-order valence-corrected chi connectivity index (χ3v) is 5.95. The maximum Gasteiger partial charge on any atom is 0.296 e. The van der Waals surface area contributed by atoms with Gasteiger partial charge in [-0.1, -0.05) is 35.3 Å². The smallest absolute Gasteiger partial charge is 0.296 e. The SMILES string of the molecule is O=C1C(=O)N(Cc2ccccn2)C(c2ccc(Cl)c(Cl)c2)/C1=C(/O)c1ccc([N+](=O)[O-])cc1. The molecular formula is C23H15Cl2N3O5. The highest BCUT2D eigenvalue weighted by atomic mass is 35.5. The van der Waals surface area contributed by atoms with E-state index < -0.39 is 28.4 Å². The standard InChI is InChI=1S/C23H15Cl2N3O5/c24-17-9-6-14(11-18(17)25)20-19(21(29)13-4-7-16(8-5-13)28(32)33)22(30)23(31)27(20)12-15-3-1-2-10-26-15/h1-11,20,29H,12H2/b21-19-. The Morgan fingerprint density at radius 3 is 2.39 bits per heavy atom. The maximum absolute atomic E-state index is 13.0. The van der Waals surface area contributed by atoms with Crippen LogP contribution in [0.15, 0.2) is 72.4 Å². The number of amides is 1. The molecule has 1 atom stereocenters. The van der Waals surface area contributed by atoms with E-state index in [4.69, 9.17) is 23.2 Å². The number of halogens is 2. The van der Waals surface area contributed by atoms with Gasteiger partial charge in [-0.25, -0.2) is 0 Å². The lowest BCUT2D eigenvalue weighted by Gasteiger charge is -2.25. The van der Waals surface area contributed by atoms with Crippen LogP contribution >= 0.6 is 23.2 Å². The second-order valence-corrected chi connectivity index (χ2v) is 8.04. The summed E-state index contributed by atoms with van der Waals surface area (Å²) in [5, 5.41) is 22.5. The number of ketones is 1. The zero-order chi connectivity index (χ0) is 23.7. The molecule has 1 N–H and O–H groups in total. The molecule has 33 heavy (non-hydrogen) atoms. The van der Waals surface area contributed by atoms with Crippen molar-refractivity contribution in [3.8, 4) is 0 Å². The molecular weight excluding hydrogens is 469 g/mol. The first-order valence-corrected chi connectivity index (χ1v) is 10.4. The number of hydrogen-bond donors (Lipinski definition) is 1. The van der Waals surface area contributed by atoms with Gasteiger partial charge in [0.05, 0.1) is 38.8 Å². The zero-order valence-corrected chi connectivity index (χ0v) is 18.3. The van der Waals surface area contributed by atoms with Crippen LogP contribution in [0, 0.1) is 10.1 Å². The average molecular weight is 484 g/mol. The molecule has 1 fully saturated rings. The molecule has 0 radical (unpaired) electrons. The van der Waals surface area contributed by atoms with E-state index in [1.165, 1.54) is 41.3 Å². The van der Waals surface area contributed by atoms with E-state index in [1.54, 1.807) is 30.5 Å². The Balaban J connectivity index is 1.86. The number of nitro benzene ring substituents is 1. The molecule has 1 aliphatic heterocycles. The summed E-state index contributed by atoms with van der Waals surface area (Å²) in [6.07, 6.45) is 1.57. The third-order valence-electron chi connectivity index (χ3n) is 5.21. The number of rotatable bonds is 5. The van der Waals surface area contributed by atoms with Gasteiger partial charge in [0.15, 0.2) is 0 Å². The lowest BCUT2D eigenvalue weighted by molar-refractivity contribution is -0.384. The summed E-state index contributed by atoms with van der Waals surface area (Å²) in [6, 6.07) is 13.9. The van der Waals surface area contributed by atoms with E-state index in [9.17, 15) is 24.8 Å². The highest BCUT2D eigenvalue weighted by Gasteiger charge is 2.46. The van der Waals surface area contributed by atoms with Crippen molar-refractivity contribution in [1.29, 1.82) is 0 Å². The van der Waals surface area contributed by atoms with E-state index >= 15 is 0 Å². The van der Waals surface area contributed by atoms with E-state index in [0.29, 0.717) is 11.3 Å². The van der Waals surface area contributed by atoms with E-state index in [2.05, 4.69) is 4.98 Å². The summed E-state index contributed by atoms with van der Waals surface area (Å²) >= 11 is 12.2. The van der Waals surface area contributed by atoms with Crippen molar-refractivity contribution in [2.24, 2.45) is 0 Å². The van der Waals surface area contributed by atoms with Gasteiger partial charge in [-0.05, 0) is 42.0 Å². The fourth-order valence-corrected chi connectivity index (χ4v) is 3.94. The van der Waals surface area contributed by atoms with Gasteiger partial charge < -0.3 is 10.0 Å². The number of aromatic nitrogens is 1. The highest BCUT2D eigenvalue weighted by molar-refractivity contribution is 6.46. The fourth-order valence-electron chi connectivity index (χ4n) is 3.63. The number of hydrogen-bond acceptors (Lipinski definition) is 6. The number of aliphatic hydroxyl groups excluding tert-OH is 1. The molecule has 0 bridgehead atoms. The third kappa shape index (κ3) is 4.30. The van der Waals surface area contributed by atoms with Gasteiger partial charge in [-0.15, -0.1) is 0 Å². The topological polar surface area (TPSA) is 114 Å².